The van der Waals surface area contributed by atoms with Crippen LogP contribution in [0.2, 0.25) is 0 Å². The Bertz CT molecular complexity index is 188. The smallest absolute Gasteiger partial charge is 0.219 e. The molecule has 0 aliphatic rings. The number of aliphatic hydroxyl groups is 1. The highest BCUT2D eigenvalue weighted by molar-refractivity contribution is 7.66. The number of hydrogen-bond donors (Lipinski definition) is 2. The van der Waals surface area contributed by atoms with Gasteiger partial charge in [0, 0.05) is 11.3 Å². The molecule has 2 atom stereocenters. The molecular formula is C6H10NO3S. The van der Waals surface area contributed by atoms with Crippen molar-refractivity contribution in [2.45, 2.75) is 25.5 Å². The molecule has 0 aliphatic heterocycles. The Kier molecular flexibility index (Phi) is 4.93. The minimum absolute atomic E-state index is 0.143. The van der Waals surface area contributed by atoms with Crippen molar-refractivity contribution in [1.82, 2.24) is 0 Å². The second-order valence-corrected chi connectivity index (χ2v) is 3.06. The first-order valence-corrected chi connectivity index (χ1v) is 3.79. The predicted molar refractivity (Wildman–Crippen MR) is 43.1 cm³/mol. The Morgan fingerprint density at radius 1 is 1.82 bits per heavy atom. The molecule has 3 N–H and O–H groups in total. The first-order chi connectivity index (χ1) is 5.11. The maximum Gasteiger partial charge on any atom is 0.219 e. The van der Waals surface area contributed by atoms with Crippen molar-refractivity contribution < 1.29 is 14.1 Å². The van der Waals surface area contributed by atoms with Gasteiger partial charge in [0.1, 0.15) is 0 Å². The van der Waals surface area contributed by atoms with Crippen LogP contribution in [-0.4, -0.2) is 32.6 Å². The molecule has 0 aliphatic carbocycles. The Morgan fingerprint density at radius 2 is 2.36 bits per heavy atom. The van der Waals surface area contributed by atoms with Crippen LogP contribution in [0.3, 0.4) is 0 Å². The van der Waals surface area contributed by atoms with E-state index in [9.17, 15) is 9.00 Å². The molecule has 0 spiro atoms. The summed E-state index contributed by atoms with van der Waals surface area (Å²) in [7, 11) is 0. The lowest BCUT2D eigenvalue weighted by Crippen LogP contribution is -2.37. The van der Waals surface area contributed by atoms with Crippen molar-refractivity contribution in [3.8, 4) is 0 Å². The number of nitrogens with two attached hydrogens (primary N) is 1. The van der Waals surface area contributed by atoms with E-state index < -0.39 is 12.1 Å². The van der Waals surface area contributed by atoms with E-state index >= 15 is 0 Å². The maximum absolute atomic E-state index is 10.1. The van der Waals surface area contributed by atoms with E-state index in [1.807, 2.05) is 0 Å². The second kappa shape index (κ2) is 5.17. The van der Waals surface area contributed by atoms with Gasteiger partial charge in [-0.2, -0.15) is 0 Å². The normalized spacial score (nSPS) is 15.2. The molecule has 0 aromatic carbocycles. The molecule has 1 radical (unpaired) electrons. The number of rotatable bonds is 4. The second-order valence-electron chi connectivity index (χ2n) is 2.20. The highest BCUT2D eigenvalue weighted by Crippen LogP contribution is 1.95. The lowest BCUT2D eigenvalue weighted by molar-refractivity contribution is 0.173. The lowest BCUT2D eigenvalue weighted by atomic mass is 10.1. The topological polar surface area (TPSA) is 80.4 Å². The molecule has 63 valence electrons. The molecule has 0 aromatic heterocycles. The Morgan fingerprint density at radius 3 is 2.73 bits per heavy atom. The van der Waals surface area contributed by atoms with Crippen molar-refractivity contribution in [3.05, 3.63) is 0 Å². The van der Waals surface area contributed by atoms with Crippen molar-refractivity contribution in [3.63, 3.8) is 0 Å². The summed E-state index contributed by atoms with van der Waals surface area (Å²) in [5.41, 5.74) is 5.12. The fourth-order valence-corrected chi connectivity index (χ4v) is 0.773. The molecule has 0 bridgehead atoms. The average Bonchev–Trinajstić information content (AvgIpc) is 2.02. The van der Waals surface area contributed by atoms with Gasteiger partial charge in [-0.15, -0.1) is 0 Å². The van der Waals surface area contributed by atoms with Crippen LogP contribution in [0, 0.1) is 0 Å². The van der Waals surface area contributed by atoms with Gasteiger partial charge in [-0.1, -0.05) is 0 Å². The van der Waals surface area contributed by atoms with Gasteiger partial charge in [-0.25, -0.2) is 4.21 Å². The minimum atomic E-state index is -1.02. The van der Waals surface area contributed by atoms with Gasteiger partial charge in [0.05, 0.1) is 23.4 Å². The molecule has 0 saturated carbocycles. The lowest BCUT2D eigenvalue weighted by Gasteiger charge is -2.10. The SMILES string of the molecule is CC(CC(O)C(N)[C]=O)=S=O. The van der Waals surface area contributed by atoms with Gasteiger partial charge < -0.3 is 10.8 Å². The molecule has 2 unspecified atom stereocenters. The molecule has 0 aromatic rings. The molecule has 0 saturated heterocycles. The quantitative estimate of drug-likeness (QED) is 0.515. The van der Waals surface area contributed by atoms with Crippen molar-refractivity contribution in [1.29, 1.82) is 0 Å². The molecule has 11 heavy (non-hydrogen) atoms. The summed E-state index contributed by atoms with van der Waals surface area (Å²) in [5.74, 6) is 0. The molecule has 0 fully saturated rings. The van der Waals surface area contributed by atoms with E-state index in [2.05, 4.69) is 0 Å². The zero-order chi connectivity index (χ0) is 8.85. The fraction of sp³-hybridized carbons (Fsp3) is 0.667. The molecule has 0 rings (SSSR count). The number of aliphatic hydroxyl groups excluding tert-OH is 1. The highest BCUT2D eigenvalue weighted by Gasteiger charge is 2.14. The standard InChI is InChI=1S/C6H10NO3S/c1-4(11-10)2-6(9)5(7)3-8/h5-6,9H,2,7H2,1H3. The molecule has 4 nitrogen and oxygen atoms in total. The van der Waals surface area contributed by atoms with Crippen LogP contribution in [0.5, 0.6) is 0 Å². The van der Waals surface area contributed by atoms with E-state index in [-0.39, 0.29) is 6.42 Å². The molecule has 5 heteroatoms. The summed E-state index contributed by atoms with van der Waals surface area (Å²) in [6.07, 6.45) is 0.599. The summed E-state index contributed by atoms with van der Waals surface area (Å²) in [6, 6.07) is -1.02. The van der Waals surface area contributed by atoms with E-state index in [0.717, 1.165) is 0 Å². The Labute approximate surface area is 68.5 Å². The average molecular weight is 176 g/mol. The first-order valence-electron chi connectivity index (χ1n) is 3.05. The molecule has 0 amide bonds. The number of hydrogen-bond acceptors (Lipinski definition) is 4. The summed E-state index contributed by atoms with van der Waals surface area (Å²) < 4.78 is 10.1. The van der Waals surface area contributed by atoms with Crippen LogP contribution < -0.4 is 5.73 Å². The van der Waals surface area contributed by atoms with Gasteiger partial charge in [0.15, 0.2) is 0 Å². The summed E-state index contributed by atoms with van der Waals surface area (Å²) in [5, 5.41) is 9.06. The van der Waals surface area contributed by atoms with Crippen LogP contribution in [-0.2, 0) is 16.1 Å². The summed E-state index contributed by atoms with van der Waals surface area (Å²) in [6.45, 7) is 1.58. The Balaban J connectivity index is 3.96. The van der Waals surface area contributed by atoms with E-state index in [4.69, 9.17) is 10.8 Å². The largest absolute Gasteiger partial charge is 0.391 e. The van der Waals surface area contributed by atoms with Gasteiger partial charge >= 0.3 is 0 Å². The Hall–Kier alpha value is -0.520. The first kappa shape index (κ1) is 10.5. The van der Waals surface area contributed by atoms with E-state index in [1.165, 1.54) is 6.29 Å². The van der Waals surface area contributed by atoms with Crippen LogP contribution in [0.4, 0.5) is 0 Å². The van der Waals surface area contributed by atoms with Crippen molar-refractivity contribution in [2.75, 3.05) is 0 Å². The van der Waals surface area contributed by atoms with Gasteiger partial charge in [-0.05, 0) is 6.92 Å². The van der Waals surface area contributed by atoms with Crippen molar-refractivity contribution in [2.24, 2.45) is 5.73 Å². The van der Waals surface area contributed by atoms with E-state index in [1.54, 1.807) is 6.92 Å². The van der Waals surface area contributed by atoms with Crippen molar-refractivity contribution >= 4 is 22.4 Å². The summed E-state index contributed by atoms with van der Waals surface area (Å²) >= 11 is 0.302. The van der Waals surface area contributed by atoms with Gasteiger partial charge in [0.2, 0.25) is 6.29 Å². The van der Waals surface area contributed by atoms with E-state index in [0.29, 0.717) is 16.1 Å². The summed E-state index contributed by atoms with van der Waals surface area (Å²) in [4.78, 5) is 10.4. The third kappa shape index (κ3) is 4.02. The third-order valence-electron chi connectivity index (χ3n) is 1.19. The predicted octanol–water partition coefficient (Wildman–Crippen LogP) is -1.42. The molecular weight excluding hydrogens is 166 g/mol. The van der Waals surface area contributed by atoms with Crippen LogP contribution in [0.15, 0.2) is 0 Å². The highest BCUT2D eigenvalue weighted by atomic mass is 32.1. The third-order valence-corrected chi connectivity index (χ3v) is 1.64. The minimum Gasteiger partial charge on any atom is -0.391 e. The zero-order valence-corrected chi connectivity index (χ0v) is 6.93. The van der Waals surface area contributed by atoms with Gasteiger partial charge in [-0.3, -0.25) is 4.79 Å². The van der Waals surface area contributed by atoms with Crippen LogP contribution >= 0.6 is 0 Å². The fourth-order valence-electron chi connectivity index (χ4n) is 0.534. The zero-order valence-electron chi connectivity index (χ0n) is 6.11. The molecule has 0 heterocycles. The number of carbonyl (C=O) groups excluding carboxylic acids is 1. The van der Waals surface area contributed by atoms with Gasteiger partial charge in [0.25, 0.3) is 0 Å². The van der Waals surface area contributed by atoms with Crippen LogP contribution in [0.1, 0.15) is 13.3 Å². The van der Waals surface area contributed by atoms with Crippen LogP contribution in [0.25, 0.3) is 0 Å². The maximum atomic E-state index is 10.1. The monoisotopic (exact) mass is 176 g/mol.